The molecule has 1 fully saturated rings. The van der Waals surface area contributed by atoms with E-state index in [0.29, 0.717) is 5.15 Å². The average molecular weight is 381 g/mol. The van der Waals surface area contributed by atoms with Crippen LogP contribution in [0.15, 0.2) is 23.3 Å². The predicted octanol–water partition coefficient (Wildman–Crippen LogP) is 1.86. The monoisotopic (exact) mass is 380 g/mol. The van der Waals surface area contributed by atoms with Crippen LogP contribution in [0.25, 0.3) is 0 Å². The van der Waals surface area contributed by atoms with E-state index in [1.807, 2.05) is 18.3 Å². The van der Waals surface area contributed by atoms with Gasteiger partial charge in [0.05, 0.1) is 0 Å². The van der Waals surface area contributed by atoms with Crippen LogP contribution in [-0.2, 0) is 6.42 Å². The van der Waals surface area contributed by atoms with Crippen LogP contribution in [0.5, 0.6) is 0 Å². The first-order chi connectivity index (χ1) is 12.7. The van der Waals surface area contributed by atoms with E-state index < -0.39 is 0 Å². The number of pyridine rings is 1. The van der Waals surface area contributed by atoms with E-state index in [0.717, 1.165) is 38.4 Å². The van der Waals surface area contributed by atoms with Gasteiger partial charge in [0.1, 0.15) is 5.15 Å². The molecule has 1 aliphatic heterocycles. The summed E-state index contributed by atoms with van der Waals surface area (Å²) in [5.41, 5.74) is 1.17. The third kappa shape index (κ3) is 8.34. The lowest BCUT2D eigenvalue weighted by Gasteiger charge is -2.32. The number of nitrogens with one attached hydrogen (secondary N) is 2. The molecular weight excluding hydrogens is 348 g/mol. The second-order valence-corrected chi connectivity index (χ2v) is 7.17. The summed E-state index contributed by atoms with van der Waals surface area (Å²) in [6.07, 6.45) is 5.07. The first kappa shape index (κ1) is 20.9. The second-order valence-electron chi connectivity index (χ2n) is 6.78. The van der Waals surface area contributed by atoms with Crippen molar-refractivity contribution in [1.29, 1.82) is 0 Å². The van der Waals surface area contributed by atoms with E-state index in [4.69, 9.17) is 11.6 Å². The topological polar surface area (TPSA) is 55.8 Å². The smallest absolute Gasteiger partial charge is 0.191 e. The summed E-state index contributed by atoms with van der Waals surface area (Å²) in [6.45, 7) is 10.6. The van der Waals surface area contributed by atoms with E-state index in [2.05, 4.69) is 44.4 Å². The van der Waals surface area contributed by atoms with Gasteiger partial charge in [-0.1, -0.05) is 17.7 Å². The highest BCUT2D eigenvalue weighted by atomic mass is 35.5. The van der Waals surface area contributed by atoms with Gasteiger partial charge in [-0.25, -0.2) is 4.98 Å². The maximum absolute atomic E-state index is 5.82. The Morgan fingerprint density at radius 1 is 1.19 bits per heavy atom. The quantitative estimate of drug-likeness (QED) is 0.296. The van der Waals surface area contributed by atoms with Gasteiger partial charge in [-0.2, -0.15) is 0 Å². The van der Waals surface area contributed by atoms with Crippen molar-refractivity contribution >= 4 is 17.6 Å². The van der Waals surface area contributed by atoms with Crippen molar-refractivity contribution < 1.29 is 0 Å². The standard InChI is InChI=1S/C19H33ClN6/c1-3-21-19(23-10-8-17-6-7-18(20)24-16-17)22-9-4-5-11-26-14-12-25(2)13-15-26/h6-7,16H,3-5,8-15H2,1-2H3,(H2,21,22,23). The molecule has 6 nitrogen and oxygen atoms in total. The maximum atomic E-state index is 5.82. The fourth-order valence-corrected chi connectivity index (χ4v) is 3.04. The van der Waals surface area contributed by atoms with Gasteiger partial charge in [-0.15, -0.1) is 0 Å². The number of halogens is 1. The number of aromatic nitrogens is 1. The molecule has 26 heavy (non-hydrogen) atoms. The number of nitrogens with zero attached hydrogens (tertiary/aromatic N) is 4. The normalized spacial score (nSPS) is 16.7. The highest BCUT2D eigenvalue weighted by Crippen LogP contribution is 2.05. The molecule has 2 N–H and O–H groups in total. The molecule has 1 aromatic rings. The molecule has 0 aromatic carbocycles. The minimum absolute atomic E-state index is 0.535. The Morgan fingerprint density at radius 2 is 2.00 bits per heavy atom. The largest absolute Gasteiger partial charge is 0.357 e. The Bertz CT molecular complexity index is 525. The second kappa shape index (κ2) is 12.1. The minimum Gasteiger partial charge on any atom is -0.357 e. The molecule has 7 heteroatoms. The van der Waals surface area contributed by atoms with E-state index in [-0.39, 0.29) is 0 Å². The number of unbranched alkanes of at least 4 members (excludes halogenated alkanes) is 1. The van der Waals surface area contributed by atoms with Crippen molar-refractivity contribution in [2.45, 2.75) is 26.2 Å². The molecule has 146 valence electrons. The minimum atomic E-state index is 0.535. The number of piperazine rings is 1. The van der Waals surface area contributed by atoms with E-state index in [9.17, 15) is 0 Å². The van der Waals surface area contributed by atoms with Crippen molar-refractivity contribution in [2.75, 3.05) is 59.4 Å². The number of guanidine groups is 1. The molecule has 0 radical (unpaired) electrons. The number of likely N-dealkylation sites (N-methyl/N-ethyl adjacent to an activating group) is 1. The summed E-state index contributed by atoms with van der Waals surface area (Å²) >= 11 is 5.82. The van der Waals surface area contributed by atoms with E-state index >= 15 is 0 Å². The van der Waals surface area contributed by atoms with Crippen LogP contribution in [0.4, 0.5) is 0 Å². The lowest BCUT2D eigenvalue weighted by molar-refractivity contribution is 0.152. The molecule has 0 aliphatic carbocycles. The van der Waals surface area contributed by atoms with Crippen LogP contribution < -0.4 is 10.6 Å². The fourth-order valence-electron chi connectivity index (χ4n) is 2.93. The molecule has 1 saturated heterocycles. The highest BCUT2D eigenvalue weighted by Gasteiger charge is 2.12. The van der Waals surface area contributed by atoms with Crippen LogP contribution in [0.3, 0.4) is 0 Å². The molecule has 1 aromatic heterocycles. The van der Waals surface area contributed by atoms with Crippen molar-refractivity contribution in [3.63, 3.8) is 0 Å². The van der Waals surface area contributed by atoms with Crippen LogP contribution in [-0.4, -0.2) is 80.1 Å². The number of rotatable bonds is 9. The number of hydrogen-bond acceptors (Lipinski definition) is 4. The Balaban J connectivity index is 1.61. The van der Waals surface area contributed by atoms with E-state index in [1.165, 1.54) is 44.7 Å². The van der Waals surface area contributed by atoms with Gasteiger partial charge in [0.2, 0.25) is 0 Å². The molecule has 0 unspecified atom stereocenters. The summed E-state index contributed by atoms with van der Waals surface area (Å²) in [7, 11) is 2.20. The van der Waals surface area contributed by atoms with Gasteiger partial charge in [-0.05, 0) is 51.4 Å². The zero-order valence-corrected chi connectivity index (χ0v) is 16.9. The molecule has 1 aliphatic rings. The summed E-state index contributed by atoms with van der Waals surface area (Å²) in [5.74, 6) is 0.897. The molecule has 2 heterocycles. The lowest BCUT2D eigenvalue weighted by atomic mass is 10.2. The SMILES string of the molecule is CCNC(=NCCCCN1CCN(C)CC1)NCCc1ccc(Cl)nc1. The van der Waals surface area contributed by atoms with Gasteiger partial charge < -0.3 is 20.4 Å². The van der Waals surface area contributed by atoms with Crippen molar-refractivity contribution in [2.24, 2.45) is 4.99 Å². The fraction of sp³-hybridized carbons (Fsp3) is 0.684. The Morgan fingerprint density at radius 3 is 2.69 bits per heavy atom. The Kier molecular flexibility index (Phi) is 9.74. The zero-order chi connectivity index (χ0) is 18.6. The van der Waals surface area contributed by atoms with Crippen LogP contribution in [0.2, 0.25) is 5.15 Å². The van der Waals surface area contributed by atoms with Crippen LogP contribution >= 0.6 is 11.6 Å². The molecular formula is C19H33ClN6. The predicted molar refractivity (Wildman–Crippen MR) is 110 cm³/mol. The number of aliphatic imine (C=N–C) groups is 1. The van der Waals surface area contributed by atoms with Gasteiger partial charge in [0.25, 0.3) is 0 Å². The highest BCUT2D eigenvalue weighted by molar-refractivity contribution is 6.29. The van der Waals surface area contributed by atoms with Gasteiger partial charge in [0, 0.05) is 52.0 Å². The van der Waals surface area contributed by atoms with Crippen molar-refractivity contribution in [1.82, 2.24) is 25.4 Å². The summed E-state index contributed by atoms with van der Waals surface area (Å²) in [6, 6.07) is 3.84. The average Bonchev–Trinajstić information content (AvgIpc) is 2.64. The molecule has 0 atom stereocenters. The summed E-state index contributed by atoms with van der Waals surface area (Å²) < 4.78 is 0. The molecule has 0 saturated carbocycles. The van der Waals surface area contributed by atoms with Gasteiger partial charge in [0.15, 0.2) is 5.96 Å². The summed E-state index contributed by atoms with van der Waals surface area (Å²) in [4.78, 5) is 13.8. The van der Waals surface area contributed by atoms with Gasteiger partial charge >= 0.3 is 0 Å². The lowest BCUT2D eigenvalue weighted by Crippen LogP contribution is -2.44. The Hall–Kier alpha value is -1.37. The van der Waals surface area contributed by atoms with Crippen molar-refractivity contribution in [3.05, 3.63) is 29.0 Å². The molecule has 0 amide bonds. The van der Waals surface area contributed by atoms with Crippen molar-refractivity contribution in [3.8, 4) is 0 Å². The Labute approximate surface area is 163 Å². The molecule has 0 spiro atoms. The number of hydrogen-bond donors (Lipinski definition) is 2. The maximum Gasteiger partial charge on any atom is 0.191 e. The first-order valence-electron chi connectivity index (χ1n) is 9.71. The third-order valence-corrected chi connectivity index (χ3v) is 4.81. The van der Waals surface area contributed by atoms with Gasteiger partial charge in [-0.3, -0.25) is 4.99 Å². The molecule has 2 rings (SSSR count). The summed E-state index contributed by atoms with van der Waals surface area (Å²) in [5, 5.41) is 7.24. The van der Waals surface area contributed by atoms with Crippen LogP contribution in [0, 0.1) is 0 Å². The third-order valence-electron chi connectivity index (χ3n) is 4.59. The zero-order valence-electron chi connectivity index (χ0n) is 16.2. The van der Waals surface area contributed by atoms with Crippen LogP contribution in [0.1, 0.15) is 25.3 Å². The van der Waals surface area contributed by atoms with E-state index in [1.54, 1.807) is 0 Å². The molecule has 0 bridgehead atoms. The first-order valence-corrected chi connectivity index (χ1v) is 10.1.